The van der Waals surface area contributed by atoms with Crippen LogP contribution in [0.25, 0.3) is 11.1 Å². The third-order valence-electron chi connectivity index (χ3n) is 3.73. The van der Waals surface area contributed by atoms with E-state index in [4.69, 9.17) is 0 Å². The van der Waals surface area contributed by atoms with E-state index in [0.29, 0.717) is 0 Å². The maximum Gasteiger partial charge on any atom is 0.223 e. The molecule has 1 aliphatic heterocycles. The summed E-state index contributed by atoms with van der Waals surface area (Å²) < 4.78 is 13.5. The quantitative estimate of drug-likeness (QED) is 0.771. The molecule has 3 rings (SSSR count). The number of halogens is 1. The van der Waals surface area contributed by atoms with E-state index in [1.54, 1.807) is 17.9 Å². The number of anilines is 1. The zero-order valence-electron chi connectivity index (χ0n) is 11.4. The number of nitrogens with zero attached hydrogens (tertiary/aromatic N) is 1. The van der Waals surface area contributed by atoms with Gasteiger partial charge in [-0.25, -0.2) is 4.39 Å². The fourth-order valence-electron chi connectivity index (χ4n) is 2.86. The fourth-order valence-corrected chi connectivity index (χ4v) is 2.86. The van der Waals surface area contributed by atoms with Crippen molar-refractivity contribution in [3.05, 3.63) is 53.8 Å². The van der Waals surface area contributed by atoms with Crippen molar-refractivity contribution in [2.75, 3.05) is 11.4 Å². The Labute approximate surface area is 117 Å². The summed E-state index contributed by atoms with van der Waals surface area (Å²) in [7, 11) is 0. The van der Waals surface area contributed by atoms with Crippen molar-refractivity contribution >= 4 is 11.6 Å². The van der Waals surface area contributed by atoms with E-state index in [0.717, 1.165) is 41.8 Å². The Morgan fingerprint density at radius 3 is 2.75 bits per heavy atom. The van der Waals surface area contributed by atoms with Gasteiger partial charge in [0, 0.05) is 19.0 Å². The van der Waals surface area contributed by atoms with Crippen molar-refractivity contribution in [2.24, 2.45) is 0 Å². The lowest BCUT2D eigenvalue weighted by atomic mass is 9.94. The molecule has 2 aromatic carbocycles. The summed E-state index contributed by atoms with van der Waals surface area (Å²) in [5.41, 5.74) is 3.84. The van der Waals surface area contributed by atoms with Crippen LogP contribution >= 0.6 is 0 Å². The van der Waals surface area contributed by atoms with E-state index in [1.807, 2.05) is 24.3 Å². The van der Waals surface area contributed by atoms with Gasteiger partial charge in [-0.2, -0.15) is 0 Å². The third-order valence-corrected chi connectivity index (χ3v) is 3.73. The molecule has 0 spiro atoms. The van der Waals surface area contributed by atoms with Crippen LogP contribution in [0.5, 0.6) is 0 Å². The molecule has 0 saturated carbocycles. The standard InChI is InChI=1S/C17H16FNO/c1-12(20)19-10-4-7-13-5-3-9-16(17(13)19)14-6-2-8-15(18)11-14/h2-3,5-6,8-9,11H,4,7,10H2,1H3. The van der Waals surface area contributed by atoms with Gasteiger partial charge >= 0.3 is 0 Å². The van der Waals surface area contributed by atoms with E-state index in [1.165, 1.54) is 12.1 Å². The molecule has 102 valence electrons. The third kappa shape index (κ3) is 2.20. The number of benzene rings is 2. The number of fused-ring (bicyclic) bond motifs is 1. The van der Waals surface area contributed by atoms with Crippen LogP contribution in [0.1, 0.15) is 18.9 Å². The smallest absolute Gasteiger partial charge is 0.223 e. The molecule has 1 amide bonds. The maximum atomic E-state index is 13.5. The van der Waals surface area contributed by atoms with E-state index >= 15 is 0 Å². The molecule has 0 aromatic heterocycles. The first-order valence-corrected chi connectivity index (χ1v) is 6.83. The highest BCUT2D eigenvalue weighted by Gasteiger charge is 2.23. The molecule has 0 unspecified atom stereocenters. The van der Waals surface area contributed by atoms with Crippen LogP contribution in [0, 0.1) is 5.82 Å². The molecule has 1 aliphatic rings. The summed E-state index contributed by atoms with van der Waals surface area (Å²) in [6.45, 7) is 2.31. The number of aryl methyl sites for hydroxylation is 1. The Kier molecular flexibility index (Phi) is 3.26. The molecule has 0 bridgehead atoms. The van der Waals surface area contributed by atoms with Gasteiger partial charge in [0.15, 0.2) is 0 Å². The second-order valence-corrected chi connectivity index (χ2v) is 5.10. The minimum atomic E-state index is -0.259. The highest BCUT2D eigenvalue weighted by atomic mass is 19.1. The van der Waals surface area contributed by atoms with E-state index in [2.05, 4.69) is 0 Å². The highest BCUT2D eigenvalue weighted by molar-refractivity contribution is 5.98. The SMILES string of the molecule is CC(=O)N1CCCc2cccc(-c3cccc(F)c3)c21. The van der Waals surface area contributed by atoms with Gasteiger partial charge in [0.2, 0.25) is 5.91 Å². The van der Waals surface area contributed by atoms with Crippen molar-refractivity contribution in [3.63, 3.8) is 0 Å². The Hall–Kier alpha value is -2.16. The number of hydrogen-bond acceptors (Lipinski definition) is 1. The zero-order valence-corrected chi connectivity index (χ0v) is 11.4. The predicted octanol–water partition coefficient (Wildman–Crippen LogP) is 3.79. The lowest BCUT2D eigenvalue weighted by Gasteiger charge is -2.31. The summed E-state index contributed by atoms with van der Waals surface area (Å²) in [6.07, 6.45) is 1.93. The van der Waals surface area contributed by atoms with Crippen LogP contribution in [-0.2, 0) is 11.2 Å². The number of amides is 1. The first kappa shape index (κ1) is 12.9. The van der Waals surface area contributed by atoms with Crippen LogP contribution < -0.4 is 4.90 Å². The topological polar surface area (TPSA) is 20.3 Å². The molecule has 0 atom stereocenters. The molecule has 1 heterocycles. The summed E-state index contributed by atoms with van der Waals surface area (Å²) in [6, 6.07) is 12.5. The average molecular weight is 269 g/mol. The molecular weight excluding hydrogens is 253 g/mol. The fraction of sp³-hybridized carbons (Fsp3) is 0.235. The normalized spacial score (nSPS) is 14.0. The van der Waals surface area contributed by atoms with Crippen molar-refractivity contribution < 1.29 is 9.18 Å². The molecule has 0 fully saturated rings. The van der Waals surface area contributed by atoms with Gasteiger partial charge in [-0.05, 0) is 36.1 Å². The maximum absolute atomic E-state index is 13.5. The lowest BCUT2D eigenvalue weighted by molar-refractivity contribution is -0.116. The Morgan fingerprint density at radius 1 is 1.20 bits per heavy atom. The van der Waals surface area contributed by atoms with Crippen LogP contribution in [0.2, 0.25) is 0 Å². The largest absolute Gasteiger partial charge is 0.312 e. The molecule has 20 heavy (non-hydrogen) atoms. The molecule has 3 heteroatoms. The second-order valence-electron chi connectivity index (χ2n) is 5.10. The van der Waals surface area contributed by atoms with E-state index in [-0.39, 0.29) is 11.7 Å². The van der Waals surface area contributed by atoms with E-state index < -0.39 is 0 Å². The zero-order chi connectivity index (χ0) is 14.1. The number of hydrogen-bond donors (Lipinski definition) is 0. The molecule has 0 aliphatic carbocycles. The summed E-state index contributed by atoms with van der Waals surface area (Å²) in [5, 5.41) is 0. The van der Waals surface area contributed by atoms with Crippen molar-refractivity contribution in [1.82, 2.24) is 0 Å². The highest BCUT2D eigenvalue weighted by Crippen LogP contribution is 2.37. The first-order chi connectivity index (χ1) is 9.66. The van der Waals surface area contributed by atoms with Crippen LogP contribution in [0.15, 0.2) is 42.5 Å². The minimum absolute atomic E-state index is 0.0369. The van der Waals surface area contributed by atoms with Crippen molar-refractivity contribution in [2.45, 2.75) is 19.8 Å². The van der Waals surface area contributed by atoms with Gasteiger partial charge < -0.3 is 4.90 Å². The molecule has 0 radical (unpaired) electrons. The van der Waals surface area contributed by atoms with Crippen molar-refractivity contribution in [1.29, 1.82) is 0 Å². The van der Waals surface area contributed by atoms with Gasteiger partial charge in [-0.3, -0.25) is 4.79 Å². The van der Waals surface area contributed by atoms with Gasteiger partial charge in [0.25, 0.3) is 0 Å². The van der Waals surface area contributed by atoms with Crippen LogP contribution in [-0.4, -0.2) is 12.5 Å². The number of rotatable bonds is 1. The minimum Gasteiger partial charge on any atom is -0.312 e. The Bertz CT molecular complexity index is 666. The average Bonchev–Trinajstić information content (AvgIpc) is 2.46. The summed E-state index contributed by atoms with van der Waals surface area (Å²) in [5.74, 6) is -0.222. The molecule has 2 nitrogen and oxygen atoms in total. The molecule has 2 aromatic rings. The number of para-hydroxylation sites is 1. The van der Waals surface area contributed by atoms with Gasteiger partial charge in [-0.15, -0.1) is 0 Å². The van der Waals surface area contributed by atoms with Crippen LogP contribution in [0.3, 0.4) is 0 Å². The first-order valence-electron chi connectivity index (χ1n) is 6.83. The molecule has 0 N–H and O–H groups in total. The van der Waals surface area contributed by atoms with Gasteiger partial charge in [0.05, 0.1) is 5.69 Å². The summed E-state index contributed by atoms with van der Waals surface area (Å²) >= 11 is 0. The molecule has 0 saturated heterocycles. The lowest BCUT2D eigenvalue weighted by Crippen LogP contribution is -2.34. The summed E-state index contributed by atoms with van der Waals surface area (Å²) in [4.78, 5) is 13.7. The Balaban J connectivity index is 2.20. The van der Waals surface area contributed by atoms with Crippen molar-refractivity contribution in [3.8, 4) is 11.1 Å². The molecular formula is C17H16FNO. The number of carbonyl (C=O) groups excluding carboxylic acids is 1. The predicted molar refractivity (Wildman–Crippen MR) is 78.2 cm³/mol. The van der Waals surface area contributed by atoms with Gasteiger partial charge in [0.1, 0.15) is 5.82 Å². The van der Waals surface area contributed by atoms with Gasteiger partial charge in [-0.1, -0.05) is 30.3 Å². The van der Waals surface area contributed by atoms with E-state index in [9.17, 15) is 9.18 Å². The second kappa shape index (κ2) is 5.08. The monoisotopic (exact) mass is 269 g/mol. The Morgan fingerprint density at radius 2 is 2.00 bits per heavy atom. The number of carbonyl (C=O) groups is 1. The van der Waals surface area contributed by atoms with Crippen LogP contribution in [0.4, 0.5) is 10.1 Å².